The smallest absolute Gasteiger partial charge is 0.197 e. The standard InChI is InChI=1S/C30H20O11/c31-14-4-1-12(2-5-14)29-27(28(39)25-18(35)8-15(32)9-23(25)41-29)26-20(37)10-19(36)24-21(38)11-22(40-30(24)26)13-3-6-16(33)17(34)7-13/h1-11,27,29,31-37H/t27-,29?/m1/s1. The van der Waals surface area contributed by atoms with E-state index in [4.69, 9.17) is 9.15 Å². The monoisotopic (exact) mass is 556 g/mol. The third-order valence-corrected chi connectivity index (χ3v) is 6.94. The molecule has 0 amide bonds. The van der Waals surface area contributed by atoms with E-state index >= 15 is 0 Å². The molecule has 1 aromatic heterocycles. The Labute approximate surface area is 229 Å². The zero-order valence-corrected chi connectivity index (χ0v) is 20.8. The fourth-order valence-electron chi connectivity index (χ4n) is 5.07. The van der Waals surface area contributed by atoms with Crippen LogP contribution >= 0.6 is 0 Å². The van der Waals surface area contributed by atoms with Gasteiger partial charge in [-0.05, 0) is 35.9 Å². The van der Waals surface area contributed by atoms with Gasteiger partial charge in [0.25, 0.3) is 0 Å². The van der Waals surface area contributed by atoms with Gasteiger partial charge in [-0.2, -0.15) is 0 Å². The SMILES string of the molecule is O=C1c2c(O)cc(O)cc2OC(c2ccc(O)cc2)[C@@H]1c1c(O)cc(O)c2c(=O)cc(-c3ccc(O)c(O)c3)oc12. The van der Waals surface area contributed by atoms with Crippen LogP contribution in [0.1, 0.15) is 33.5 Å². The molecule has 0 fully saturated rings. The summed E-state index contributed by atoms with van der Waals surface area (Å²) in [6, 6.07) is 13.3. The molecule has 6 rings (SSSR count). The van der Waals surface area contributed by atoms with Crippen molar-refractivity contribution >= 4 is 16.8 Å². The number of hydrogen-bond acceptors (Lipinski definition) is 11. The fraction of sp³-hybridized carbons (Fsp3) is 0.0667. The number of hydrogen-bond donors (Lipinski definition) is 7. The molecule has 11 nitrogen and oxygen atoms in total. The number of phenols is 7. The van der Waals surface area contributed by atoms with Crippen molar-refractivity contribution in [2.45, 2.75) is 12.0 Å². The molecule has 2 atom stereocenters. The van der Waals surface area contributed by atoms with Gasteiger partial charge in [0.1, 0.15) is 62.9 Å². The minimum absolute atomic E-state index is 0.0751. The van der Waals surface area contributed by atoms with Gasteiger partial charge in [-0.15, -0.1) is 0 Å². The molecule has 1 unspecified atom stereocenters. The van der Waals surface area contributed by atoms with Crippen LogP contribution in [0.25, 0.3) is 22.3 Å². The fourth-order valence-corrected chi connectivity index (χ4v) is 5.07. The van der Waals surface area contributed by atoms with Gasteiger partial charge >= 0.3 is 0 Å². The van der Waals surface area contributed by atoms with Crippen molar-refractivity contribution in [2.75, 3.05) is 0 Å². The quantitative estimate of drug-likeness (QED) is 0.154. The molecule has 0 saturated heterocycles. The minimum atomic E-state index is -1.47. The molecule has 5 aromatic rings. The number of aromatic hydroxyl groups is 7. The summed E-state index contributed by atoms with van der Waals surface area (Å²) >= 11 is 0. The number of benzene rings is 4. The van der Waals surface area contributed by atoms with E-state index in [0.29, 0.717) is 5.56 Å². The maximum atomic E-state index is 14.1. The molecule has 206 valence electrons. The lowest BCUT2D eigenvalue weighted by atomic mass is 9.79. The summed E-state index contributed by atoms with van der Waals surface area (Å²) in [5.41, 5.74) is -1.16. The number of rotatable bonds is 3. The average molecular weight is 556 g/mol. The van der Waals surface area contributed by atoms with Gasteiger partial charge in [0.2, 0.25) is 0 Å². The van der Waals surface area contributed by atoms with E-state index in [2.05, 4.69) is 0 Å². The molecule has 0 saturated carbocycles. The molecule has 2 heterocycles. The van der Waals surface area contributed by atoms with Crippen molar-refractivity contribution in [2.24, 2.45) is 0 Å². The minimum Gasteiger partial charge on any atom is -0.508 e. The summed E-state index contributed by atoms with van der Waals surface area (Å²) in [7, 11) is 0. The molecule has 0 aliphatic carbocycles. The van der Waals surface area contributed by atoms with Gasteiger partial charge in [-0.1, -0.05) is 12.1 Å². The van der Waals surface area contributed by atoms with Crippen molar-refractivity contribution in [1.29, 1.82) is 0 Å². The van der Waals surface area contributed by atoms with Crippen LogP contribution < -0.4 is 10.2 Å². The Kier molecular flexibility index (Phi) is 5.66. The molecule has 0 spiro atoms. The Morgan fingerprint density at radius 2 is 1.37 bits per heavy atom. The maximum Gasteiger partial charge on any atom is 0.197 e. The highest BCUT2D eigenvalue weighted by molar-refractivity contribution is 6.09. The van der Waals surface area contributed by atoms with Gasteiger partial charge in [0, 0.05) is 29.8 Å². The first-order valence-corrected chi connectivity index (χ1v) is 12.1. The van der Waals surface area contributed by atoms with Crippen LogP contribution in [0.2, 0.25) is 0 Å². The summed E-state index contributed by atoms with van der Waals surface area (Å²) in [6.07, 6.45) is -1.23. The molecule has 0 radical (unpaired) electrons. The summed E-state index contributed by atoms with van der Waals surface area (Å²) in [5, 5.41) is 71.4. The first kappa shape index (κ1) is 25.4. The number of phenolic OH excluding ortho intramolecular Hbond substituents is 7. The summed E-state index contributed by atoms with van der Waals surface area (Å²) in [5.74, 6) is -5.72. The Morgan fingerprint density at radius 3 is 2.07 bits per heavy atom. The molecule has 41 heavy (non-hydrogen) atoms. The first-order chi connectivity index (χ1) is 19.5. The highest BCUT2D eigenvalue weighted by Crippen LogP contribution is 2.52. The van der Waals surface area contributed by atoms with Gasteiger partial charge < -0.3 is 44.9 Å². The number of carbonyl (C=O) groups is 1. The van der Waals surface area contributed by atoms with Crippen molar-refractivity contribution in [1.82, 2.24) is 0 Å². The normalized spacial score (nSPS) is 16.3. The lowest BCUT2D eigenvalue weighted by molar-refractivity contribution is 0.0772. The predicted octanol–water partition coefficient (Wildman–Crippen LogP) is 4.50. The zero-order chi connectivity index (χ0) is 29.2. The van der Waals surface area contributed by atoms with E-state index < -0.39 is 52.0 Å². The molecular weight excluding hydrogens is 536 g/mol. The van der Waals surface area contributed by atoms with E-state index in [1.165, 1.54) is 36.4 Å². The molecule has 1 aliphatic heterocycles. The average Bonchev–Trinajstić information content (AvgIpc) is 2.90. The Morgan fingerprint density at radius 1 is 0.634 bits per heavy atom. The van der Waals surface area contributed by atoms with Gasteiger partial charge in [-0.3, -0.25) is 9.59 Å². The van der Waals surface area contributed by atoms with Crippen molar-refractivity contribution < 1.29 is 49.7 Å². The topological polar surface area (TPSA) is 198 Å². The predicted molar refractivity (Wildman–Crippen MR) is 143 cm³/mol. The Hall–Kier alpha value is -5.84. The second kappa shape index (κ2) is 9.12. The van der Waals surface area contributed by atoms with Crippen LogP contribution in [-0.4, -0.2) is 41.5 Å². The van der Waals surface area contributed by atoms with Crippen LogP contribution in [0, 0.1) is 0 Å². The molecular formula is C30H20O11. The van der Waals surface area contributed by atoms with Gasteiger partial charge in [0.15, 0.2) is 22.7 Å². The Balaban J connectivity index is 1.67. The van der Waals surface area contributed by atoms with Crippen molar-refractivity contribution in [3.63, 3.8) is 0 Å². The molecule has 7 N–H and O–H groups in total. The number of carbonyl (C=O) groups excluding carboxylic acids is 1. The Bertz CT molecular complexity index is 1940. The van der Waals surface area contributed by atoms with E-state index in [9.17, 15) is 45.3 Å². The summed E-state index contributed by atoms with van der Waals surface area (Å²) < 4.78 is 12.1. The third-order valence-electron chi connectivity index (χ3n) is 6.94. The van der Waals surface area contributed by atoms with E-state index in [1.807, 2.05) is 0 Å². The summed E-state index contributed by atoms with van der Waals surface area (Å²) in [4.78, 5) is 27.3. The number of Topliss-reactive ketones (excluding diaryl/α,β-unsaturated/α-hetero) is 1. The zero-order valence-electron chi connectivity index (χ0n) is 20.8. The lowest BCUT2D eigenvalue weighted by Crippen LogP contribution is -2.30. The van der Waals surface area contributed by atoms with Crippen molar-refractivity contribution in [3.05, 3.63) is 93.6 Å². The number of fused-ring (bicyclic) bond motifs is 2. The van der Waals surface area contributed by atoms with E-state index in [0.717, 1.165) is 30.3 Å². The van der Waals surface area contributed by atoms with Crippen LogP contribution in [0.5, 0.6) is 46.0 Å². The van der Waals surface area contributed by atoms with Crippen LogP contribution in [0.3, 0.4) is 0 Å². The second-order valence-corrected chi connectivity index (χ2v) is 9.52. The highest BCUT2D eigenvalue weighted by Gasteiger charge is 2.44. The molecule has 0 bridgehead atoms. The maximum absolute atomic E-state index is 14.1. The highest BCUT2D eigenvalue weighted by atomic mass is 16.5. The van der Waals surface area contributed by atoms with Gasteiger partial charge in [0.05, 0.1) is 11.5 Å². The molecule has 11 heteroatoms. The lowest BCUT2D eigenvalue weighted by Gasteiger charge is -2.34. The van der Waals surface area contributed by atoms with Crippen molar-refractivity contribution in [3.8, 4) is 57.3 Å². The van der Waals surface area contributed by atoms with Crippen LogP contribution in [-0.2, 0) is 0 Å². The third kappa shape index (κ3) is 4.07. The number of ketones is 1. The summed E-state index contributed by atoms with van der Waals surface area (Å²) in [6.45, 7) is 0. The first-order valence-electron chi connectivity index (χ1n) is 12.1. The van der Waals surface area contributed by atoms with Crippen LogP contribution in [0.15, 0.2) is 75.9 Å². The van der Waals surface area contributed by atoms with Gasteiger partial charge in [-0.25, -0.2) is 0 Å². The molecule has 1 aliphatic rings. The second-order valence-electron chi connectivity index (χ2n) is 9.52. The van der Waals surface area contributed by atoms with E-state index in [1.54, 1.807) is 0 Å². The number of ether oxygens (including phenoxy) is 1. The van der Waals surface area contributed by atoms with Crippen LogP contribution in [0.4, 0.5) is 0 Å². The molecule has 4 aromatic carbocycles. The largest absolute Gasteiger partial charge is 0.508 e. The van der Waals surface area contributed by atoms with E-state index in [-0.39, 0.29) is 50.7 Å².